The van der Waals surface area contributed by atoms with Gasteiger partial charge in [0.2, 0.25) is 0 Å². The van der Waals surface area contributed by atoms with Gasteiger partial charge in [-0.25, -0.2) is 12.7 Å². The lowest BCUT2D eigenvalue weighted by Crippen LogP contribution is -2.47. The summed E-state index contributed by atoms with van der Waals surface area (Å²) < 4.78 is 29.3. The van der Waals surface area contributed by atoms with E-state index in [-0.39, 0.29) is 17.5 Å². The van der Waals surface area contributed by atoms with E-state index in [4.69, 9.17) is 5.10 Å². The van der Waals surface area contributed by atoms with E-state index < -0.39 is 10.0 Å². The SMILES string of the molecule is Cc1ccc(S(=O)(=O)N2CC(c3ccccc3)N(c3ccccc3)N=C2/C=C/c2ccccc2)cc1. The molecule has 0 aliphatic carbocycles. The number of anilines is 1. The Labute approximate surface area is 212 Å². The van der Waals surface area contributed by atoms with Crippen molar-refractivity contribution in [1.82, 2.24) is 4.31 Å². The van der Waals surface area contributed by atoms with Crippen molar-refractivity contribution in [3.05, 3.63) is 138 Å². The molecule has 5 nitrogen and oxygen atoms in total. The smallest absolute Gasteiger partial charge is 0.254 e. The van der Waals surface area contributed by atoms with Crippen LogP contribution in [0, 0.1) is 6.92 Å². The van der Waals surface area contributed by atoms with E-state index in [1.807, 2.05) is 121 Å². The van der Waals surface area contributed by atoms with Crippen LogP contribution in [0.3, 0.4) is 0 Å². The Balaban J connectivity index is 1.65. The fourth-order valence-electron chi connectivity index (χ4n) is 4.21. The van der Waals surface area contributed by atoms with Crippen LogP contribution in [0.5, 0.6) is 0 Å². The third-order valence-electron chi connectivity index (χ3n) is 6.14. The van der Waals surface area contributed by atoms with Gasteiger partial charge in [0, 0.05) is 0 Å². The Morgan fingerprint density at radius 1 is 0.750 bits per heavy atom. The molecule has 0 aromatic heterocycles. The molecule has 0 fully saturated rings. The first-order valence-electron chi connectivity index (χ1n) is 11.8. The summed E-state index contributed by atoms with van der Waals surface area (Å²) in [5, 5.41) is 6.84. The molecule has 1 aliphatic heterocycles. The molecule has 0 radical (unpaired) electrons. The summed E-state index contributed by atoms with van der Waals surface area (Å²) in [6.45, 7) is 2.16. The van der Waals surface area contributed by atoms with Crippen molar-refractivity contribution < 1.29 is 8.42 Å². The van der Waals surface area contributed by atoms with Crippen LogP contribution in [0.25, 0.3) is 6.08 Å². The number of sulfonamides is 1. The second-order valence-corrected chi connectivity index (χ2v) is 10.5. The van der Waals surface area contributed by atoms with E-state index in [1.165, 1.54) is 4.31 Å². The average Bonchev–Trinajstić information content (AvgIpc) is 2.93. The van der Waals surface area contributed by atoms with Crippen molar-refractivity contribution in [3.8, 4) is 0 Å². The topological polar surface area (TPSA) is 53.0 Å². The van der Waals surface area contributed by atoms with E-state index in [0.717, 1.165) is 22.4 Å². The number of hydrazone groups is 1. The number of hydrogen-bond donors (Lipinski definition) is 0. The van der Waals surface area contributed by atoms with Crippen LogP contribution in [0.4, 0.5) is 5.69 Å². The molecule has 1 unspecified atom stereocenters. The summed E-state index contributed by atoms with van der Waals surface area (Å²) in [5.74, 6) is 0.357. The molecular weight excluding hydrogens is 466 g/mol. The monoisotopic (exact) mass is 493 g/mol. The van der Waals surface area contributed by atoms with Gasteiger partial charge in [0.05, 0.1) is 23.2 Å². The minimum absolute atomic E-state index is 0.215. The first kappa shape index (κ1) is 23.6. The molecule has 6 heteroatoms. The highest BCUT2D eigenvalue weighted by molar-refractivity contribution is 7.89. The molecule has 0 amide bonds. The zero-order valence-electron chi connectivity index (χ0n) is 20.0. The van der Waals surface area contributed by atoms with Crippen LogP contribution in [0.15, 0.2) is 131 Å². The maximum atomic E-state index is 13.9. The molecule has 180 valence electrons. The van der Waals surface area contributed by atoms with Crippen LogP contribution in [0.1, 0.15) is 22.7 Å². The van der Waals surface area contributed by atoms with Crippen LogP contribution < -0.4 is 5.01 Å². The van der Waals surface area contributed by atoms with Crippen molar-refractivity contribution >= 4 is 27.6 Å². The highest BCUT2D eigenvalue weighted by Gasteiger charge is 2.36. The Morgan fingerprint density at radius 2 is 1.33 bits per heavy atom. The quantitative estimate of drug-likeness (QED) is 0.318. The van der Waals surface area contributed by atoms with Crippen molar-refractivity contribution in [1.29, 1.82) is 0 Å². The third-order valence-corrected chi connectivity index (χ3v) is 7.92. The number of benzene rings is 4. The van der Waals surface area contributed by atoms with Crippen LogP contribution in [-0.2, 0) is 10.0 Å². The molecule has 4 aromatic rings. The Morgan fingerprint density at radius 3 is 1.97 bits per heavy atom. The van der Waals surface area contributed by atoms with Gasteiger partial charge in [-0.15, -0.1) is 0 Å². The van der Waals surface area contributed by atoms with E-state index in [0.29, 0.717) is 5.84 Å². The third kappa shape index (κ3) is 4.95. The summed E-state index contributed by atoms with van der Waals surface area (Å²) >= 11 is 0. The highest BCUT2D eigenvalue weighted by atomic mass is 32.2. The van der Waals surface area contributed by atoms with Crippen molar-refractivity contribution in [2.45, 2.75) is 17.9 Å². The Bertz CT molecular complexity index is 1470. The molecule has 0 bridgehead atoms. The molecule has 0 saturated carbocycles. The van der Waals surface area contributed by atoms with Crippen molar-refractivity contribution in [2.75, 3.05) is 11.6 Å². The number of nitrogens with zero attached hydrogens (tertiary/aromatic N) is 3. The van der Waals surface area contributed by atoms with Gasteiger partial charge in [0.15, 0.2) is 5.84 Å². The zero-order valence-corrected chi connectivity index (χ0v) is 20.8. The Hall–Kier alpha value is -4.16. The van der Waals surface area contributed by atoms with E-state index in [9.17, 15) is 8.42 Å². The summed E-state index contributed by atoms with van der Waals surface area (Å²) in [7, 11) is -3.85. The highest BCUT2D eigenvalue weighted by Crippen LogP contribution is 2.34. The van der Waals surface area contributed by atoms with Gasteiger partial charge < -0.3 is 0 Å². The maximum Gasteiger partial charge on any atom is 0.265 e. The maximum absolute atomic E-state index is 13.9. The van der Waals surface area contributed by atoms with Gasteiger partial charge in [-0.05, 0) is 48.4 Å². The summed E-state index contributed by atoms with van der Waals surface area (Å²) in [6, 6.07) is 36.2. The minimum atomic E-state index is -3.85. The molecule has 5 rings (SSSR count). The predicted octanol–water partition coefficient (Wildman–Crippen LogP) is 6.27. The second-order valence-electron chi connectivity index (χ2n) is 8.66. The molecule has 0 spiro atoms. The zero-order chi connectivity index (χ0) is 25.0. The molecule has 1 aliphatic rings. The number of hydrogen-bond acceptors (Lipinski definition) is 4. The number of rotatable bonds is 6. The molecule has 1 atom stereocenters. The van der Waals surface area contributed by atoms with Gasteiger partial charge >= 0.3 is 0 Å². The minimum Gasteiger partial charge on any atom is -0.254 e. The summed E-state index contributed by atoms with van der Waals surface area (Å²) in [6.07, 6.45) is 3.67. The summed E-state index contributed by atoms with van der Waals surface area (Å²) in [5.41, 5.74) is 3.84. The largest absolute Gasteiger partial charge is 0.265 e. The average molecular weight is 494 g/mol. The molecule has 0 N–H and O–H groups in total. The van der Waals surface area contributed by atoms with Gasteiger partial charge in [0.25, 0.3) is 10.0 Å². The molecular formula is C30H27N3O2S. The molecule has 0 saturated heterocycles. The van der Waals surface area contributed by atoms with Crippen LogP contribution in [0.2, 0.25) is 0 Å². The van der Waals surface area contributed by atoms with Gasteiger partial charge in [-0.3, -0.25) is 5.01 Å². The number of aryl methyl sites for hydroxylation is 1. The fourth-order valence-corrected chi connectivity index (χ4v) is 5.62. The number of amidine groups is 1. The van der Waals surface area contributed by atoms with E-state index in [2.05, 4.69) is 0 Å². The second kappa shape index (κ2) is 10.2. The predicted molar refractivity (Wildman–Crippen MR) is 146 cm³/mol. The lowest BCUT2D eigenvalue weighted by Gasteiger charge is -2.39. The molecule has 1 heterocycles. The van der Waals surface area contributed by atoms with Gasteiger partial charge in [0.1, 0.15) is 0 Å². The summed E-state index contributed by atoms with van der Waals surface area (Å²) in [4.78, 5) is 0.244. The fraction of sp³-hybridized carbons (Fsp3) is 0.100. The van der Waals surface area contributed by atoms with Gasteiger partial charge in [-0.2, -0.15) is 5.10 Å². The molecule has 4 aromatic carbocycles. The van der Waals surface area contributed by atoms with Crippen LogP contribution >= 0.6 is 0 Å². The molecule has 36 heavy (non-hydrogen) atoms. The normalized spacial score (nSPS) is 16.2. The first-order chi connectivity index (χ1) is 17.5. The van der Waals surface area contributed by atoms with Crippen LogP contribution in [-0.4, -0.2) is 25.1 Å². The lowest BCUT2D eigenvalue weighted by molar-refractivity contribution is 0.455. The van der Waals surface area contributed by atoms with E-state index >= 15 is 0 Å². The van der Waals surface area contributed by atoms with E-state index in [1.54, 1.807) is 18.2 Å². The Kier molecular flexibility index (Phi) is 6.69. The first-order valence-corrected chi connectivity index (χ1v) is 13.3. The lowest BCUT2D eigenvalue weighted by atomic mass is 10.0. The number of para-hydroxylation sites is 1. The van der Waals surface area contributed by atoms with Crippen molar-refractivity contribution in [2.24, 2.45) is 5.10 Å². The van der Waals surface area contributed by atoms with Crippen molar-refractivity contribution in [3.63, 3.8) is 0 Å². The standard InChI is InChI=1S/C30H27N3O2S/c1-24-17-20-28(21-18-24)36(34,35)32-23-29(26-13-7-3-8-14-26)33(27-15-9-4-10-16-27)31-30(32)22-19-25-11-5-2-6-12-25/h2-22,29H,23H2,1H3/b22-19+. The van der Waals surface area contributed by atoms with Gasteiger partial charge in [-0.1, -0.05) is 103 Å².